The lowest BCUT2D eigenvalue weighted by atomic mass is 10.3. The Kier molecular flexibility index (Phi) is 1.96. The molecule has 0 saturated carbocycles. The molecule has 1 amide bonds. The number of nitrogens with zero attached hydrogens (tertiary/aromatic N) is 2. The van der Waals surface area contributed by atoms with Crippen molar-refractivity contribution in [3.63, 3.8) is 0 Å². The fraction of sp³-hybridized carbons (Fsp3) is 0.200. The number of pyridine rings is 1. The molecule has 0 aliphatic heterocycles. The number of H-pyrrole nitrogens is 1. The van der Waals surface area contributed by atoms with Crippen molar-refractivity contribution >= 4 is 16.9 Å². The molecule has 0 radical (unpaired) electrons. The van der Waals surface area contributed by atoms with E-state index in [1.54, 1.807) is 20.2 Å². The lowest BCUT2D eigenvalue weighted by Crippen LogP contribution is -2.22. The molecular weight excluding hydrogens is 178 g/mol. The summed E-state index contributed by atoms with van der Waals surface area (Å²) in [6, 6.07) is 5.43. The first-order chi connectivity index (χ1) is 6.68. The molecule has 0 atom stereocenters. The molecule has 4 nitrogen and oxygen atoms in total. The molecule has 4 heteroatoms. The van der Waals surface area contributed by atoms with Gasteiger partial charge in [0.1, 0.15) is 5.69 Å². The Balaban J connectivity index is 2.48. The van der Waals surface area contributed by atoms with Crippen LogP contribution in [0.3, 0.4) is 0 Å². The summed E-state index contributed by atoms with van der Waals surface area (Å²) >= 11 is 0. The van der Waals surface area contributed by atoms with Gasteiger partial charge in [0, 0.05) is 20.3 Å². The number of fused-ring (bicyclic) bond motifs is 1. The normalized spacial score (nSPS) is 10.4. The summed E-state index contributed by atoms with van der Waals surface area (Å²) in [6.07, 6.45) is 1.81. The van der Waals surface area contributed by atoms with E-state index in [1.807, 2.05) is 18.3 Å². The molecule has 14 heavy (non-hydrogen) atoms. The molecule has 2 aromatic heterocycles. The minimum Gasteiger partial charge on any atom is -0.360 e. The molecule has 2 heterocycles. The lowest BCUT2D eigenvalue weighted by molar-refractivity contribution is 0.0822. The molecule has 72 valence electrons. The van der Waals surface area contributed by atoms with Crippen LogP contribution in [0.5, 0.6) is 0 Å². The molecular formula is C10H11N3O. The van der Waals surface area contributed by atoms with Crippen molar-refractivity contribution in [1.82, 2.24) is 14.9 Å². The summed E-state index contributed by atoms with van der Waals surface area (Å²) in [5, 5.41) is 0. The van der Waals surface area contributed by atoms with Gasteiger partial charge in [0.15, 0.2) is 0 Å². The van der Waals surface area contributed by atoms with Crippen LogP contribution in [-0.2, 0) is 0 Å². The van der Waals surface area contributed by atoms with Gasteiger partial charge < -0.3 is 9.88 Å². The first-order valence-corrected chi connectivity index (χ1v) is 4.34. The summed E-state index contributed by atoms with van der Waals surface area (Å²) in [4.78, 5) is 20.3. The summed E-state index contributed by atoms with van der Waals surface area (Å²) in [7, 11) is 3.43. The van der Waals surface area contributed by atoms with Gasteiger partial charge in [0.2, 0.25) is 0 Å². The van der Waals surface area contributed by atoms with Crippen LogP contribution < -0.4 is 0 Å². The Bertz CT molecular complexity index is 473. The fourth-order valence-corrected chi connectivity index (χ4v) is 1.28. The minimum absolute atomic E-state index is 0.0758. The molecule has 0 aromatic carbocycles. The van der Waals surface area contributed by atoms with Crippen molar-refractivity contribution in [2.45, 2.75) is 0 Å². The molecule has 2 rings (SSSR count). The molecule has 0 aliphatic carbocycles. The van der Waals surface area contributed by atoms with Gasteiger partial charge >= 0.3 is 0 Å². The number of hydrogen-bond acceptors (Lipinski definition) is 2. The summed E-state index contributed by atoms with van der Waals surface area (Å²) in [5.41, 5.74) is 2.24. The van der Waals surface area contributed by atoms with E-state index >= 15 is 0 Å². The third-order valence-electron chi connectivity index (χ3n) is 2.03. The number of aromatic nitrogens is 2. The average molecular weight is 189 g/mol. The molecule has 2 aromatic rings. The largest absolute Gasteiger partial charge is 0.360 e. The van der Waals surface area contributed by atoms with Crippen LogP contribution in [0.4, 0.5) is 0 Å². The first kappa shape index (κ1) is 8.74. The molecule has 0 fully saturated rings. The number of carbonyl (C=O) groups is 1. The highest BCUT2D eigenvalue weighted by Gasteiger charge is 2.09. The number of amides is 1. The summed E-state index contributed by atoms with van der Waals surface area (Å²) in [5.74, 6) is -0.0758. The van der Waals surface area contributed by atoms with Crippen molar-refractivity contribution < 1.29 is 4.79 Å². The Labute approximate surface area is 81.6 Å². The number of carbonyl (C=O) groups excluding carboxylic acids is 1. The number of nitrogens with one attached hydrogen (secondary N) is 1. The first-order valence-electron chi connectivity index (χ1n) is 4.34. The third-order valence-corrected chi connectivity index (χ3v) is 2.03. The Hall–Kier alpha value is -1.84. The van der Waals surface area contributed by atoms with E-state index in [0.717, 1.165) is 11.0 Å². The van der Waals surface area contributed by atoms with Crippen molar-refractivity contribution in [2.75, 3.05) is 14.1 Å². The predicted octanol–water partition coefficient (Wildman–Crippen LogP) is 1.26. The molecule has 0 bridgehead atoms. The molecule has 1 N–H and O–H groups in total. The second-order valence-corrected chi connectivity index (χ2v) is 3.31. The maximum atomic E-state index is 11.6. The standard InChI is InChI=1S/C10H11N3O/c1-13(2)10(14)9-4-3-7-8(12-9)5-6-11-7/h3-6,11H,1-2H3. The van der Waals surface area contributed by atoms with E-state index in [2.05, 4.69) is 9.97 Å². The number of hydrogen-bond donors (Lipinski definition) is 1. The van der Waals surface area contributed by atoms with E-state index in [0.29, 0.717) is 5.69 Å². The summed E-state index contributed by atoms with van der Waals surface area (Å²) < 4.78 is 0. The molecule has 0 spiro atoms. The van der Waals surface area contributed by atoms with Crippen LogP contribution >= 0.6 is 0 Å². The van der Waals surface area contributed by atoms with Gasteiger partial charge in [-0.2, -0.15) is 0 Å². The van der Waals surface area contributed by atoms with Gasteiger partial charge in [0.05, 0.1) is 11.0 Å². The van der Waals surface area contributed by atoms with Gasteiger partial charge in [-0.05, 0) is 18.2 Å². The van der Waals surface area contributed by atoms with E-state index in [1.165, 1.54) is 4.90 Å². The zero-order valence-corrected chi connectivity index (χ0v) is 8.11. The van der Waals surface area contributed by atoms with Gasteiger partial charge in [0.25, 0.3) is 5.91 Å². The summed E-state index contributed by atoms with van der Waals surface area (Å²) in [6.45, 7) is 0. The van der Waals surface area contributed by atoms with Crippen molar-refractivity contribution in [3.8, 4) is 0 Å². The van der Waals surface area contributed by atoms with Crippen LogP contribution in [0, 0.1) is 0 Å². The monoisotopic (exact) mass is 189 g/mol. The highest BCUT2D eigenvalue weighted by molar-refractivity contribution is 5.94. The maximum absolute atomic E-state index is 11.6. The van der Waals surface area contributed by atoms with Crippen LogP contribution in [0.2, 0.25) is 0 Å². The van der Waals surface area contributed by atoms with Gasteiger partial charge in [-0.25, -0.2) is 4.98 Å². The Morgan fingerprint density at radius 2 is 2.14 bits per heavy atom. The average Bonchev–Trinajstić information content (AvgIpc) is 2.62. The van der Waals surface area contributed by atoms with Gasteiger partial charge in [-0.1, -0.05) is 0 Å². The van der Waals surface area contributed by atoms with E-state index in [-0.39, 0.29) is 5.91 Å². The van der Waals surface area contributed by atoms with Gasteiger partial charge in [-0.3, -0.25) is 4.79 Å². The predicted molar refractivity (Wildman–Crippen MR) is 54.1 cm³/mol. The zero-order valence-electron chi connectivity index (χ0n) is 8.11. The highest BCUT2D eigenvalue weighted by atomic mass is 16.2. The Morgan fingerprint density at radius 3 is 2.86 bits per heavy atom. The van der Waals surface area contributed by atoms with Crippen molar-refractivity contribution in [3.05, 3.63) is 30.1 Å². The van der Waals surface area contributed by atoms with E-state index < -0.39 is 0 Å². The second kappa shape index (κ2) is 3.14. The molecule has 0 aliphatic rings. The van der Waals surface area contributed by atoms with Crippen LogP contribution in [-0.4, -0.2) is 34.9 Å². The molecule has 0 unspecified atom stereocenters. The SMILES string of the molecule is CN(C)C(=O)c1ccc2[nH]ccc2n1. The lowest BCUT2D eigenvalue weighted by Gasteiger charge is -2.08. The zero-order chi connectivity index (χ0) is 10.1. The minimum atomic E-state index is -0.0758. The van der Waals surface area contributed by atoms with E-state index in [9.17, 15) is 4.79 Å². The van der Waals surface area contributed by atoms with Crippen LogP contribution in [0.1, 0.15) is 10.5 Å². The Morgan fingerprint density at radius 1 is 1.36 bits per heavy atom. The van der Waals surface area contributed by atoms with Crippen LogP contribution in [0.25, 0.3) is 11.0 Å². The topological polar surface area (TPSA) is 49.0 Å². The van der Waals surface area contributed by atoms with Crippen LogP contribution in [0.15, 0.2) is 24.4 Å². The van der Waals surface area contributed by atoms with Crippen molar-refractivity contribution in [2.24, 2.45) is 0 Å². The van der Waals surface area contributed by atoms with Crippen molar-refractivity contribution in [1.29, 1.82) is 0 Å². The van der Waals surface area contributed by atoms with Gasteiger partial charge in [-0.15, -0.1) is 0 Å². The quantitative estimate of drug-likeness (QED) is 0.734. The van der Waals surface area contributed by atoms with E-state index in [4.69, 9.17) is 0 Å². The maximum Gasteiger partial charge on any atom is 0.271 e. The fourth-order valence-electron chi connectivity index (χ4n) is 1.28. The highest BCUT2D eigenvalue weighted by Crippen LogP contribution is 2.10. The smallest absolute Gasteiger partial charge is 0.271 e. The third kappa shape index (κ3) is 1.35. The number of rotatable bonds is 1. The number of aromatic amines is 1. The second-order valence-electron chi connectivity index (χ2n) is 3.31. The molecule has 0 saturated heterocycles.